The van der Waals surface area contributed by atoms with E-state index in [1.807, 2.05) is 0 Å². The van der Waals surface area contributed by atoms with Gasteiger partial charge in [0.05, 0.1) is 0 Å². The predicted octanol–water partition coefficient (Wildman–Crippen LogP) is 19.8. The zero-order chi connectivity index (χ0) is 46.2. The summed E-state index contributed by atoms with van der Waals surface area (Å²) in [5, 5.41) is 0. The standard InChI is InChI=1S/C62H118/c1-20-27-50(22-3)30-56-32-53(25-6)61(48(18)44(56)14)37-59-34-54(26-7)62(49(19)46(59)16)36-58-33-52(24-5)60(47(17)45(58)15)29-38(8)39(9)41(11)55(28-21-2)35-57-31-51(23-4)42(12)40(10)43(57)13/h38-62H,20-37H2,1-19H3/t38?,39?,40-,41+,42?,43?,44?,45?,46?,47+,48+,49+,50?,51-,52-,53-,54-,55?,56?,57?,58?,59?,60?,61?,62?/m0/s1. The molecule has 0 radical (unpaired) electrons. The van der Waals surface area contributed by atoms with Gasteiger partial charge in [0.15, 0.2) is 0 Å². The number of hydrogen-bond acceptors (Lipinski definition) is 0. The number of hydrogen-bond donors (Lipinski definition) is 0. The van der Waals surface area contributed by atoms with E-state index in [1.54, 1.807) is 0 Å². The molecule has 0 saturated heterocycles. The van der Waals surface area contributed by atoms with Crippen LogP contribution in [0.25, 0.3) is 0 Å². The molecule has 0 aromatic carbocycles. The van der Waals surface area contributed by atoms with Crippen LogP contribution in [0.4, 0.5) is 0 Å². The Morgan fingerprint density at radius 1 is 0.355 bits per heavy atom. The average molecular weight is 864 g/mol. The second-order valence-electron chi connectivity index (χ2n) is 25.9. The summed E-state index contributed by atoms with van der Waals surface area (Å²) in [7, 11) is 0. The summed E-state index contributed by atoms with van der Waals surface area (Å²) in [6.07, 6.45) is 26.1. The Balaban J connectivity index is 1.39. The van der Waals surface area contributed by atoms with Crippen LogP contribution in [0.3, 0.4) is 0 Å². The van der Waals surface area contributed by atoms with Crippen molar-refractivity contribution in [1.82, 2.24) is 0 Å². The molecular weight excluding hydrogens is 745 g/mol. The fraction of sp³-hybridized carbons (Fsp3) is 1.00. The second kappa shape index (κ2) is 25.4. The minimum Gasteiger partial charge on any atom is -0.0654 e. The molecule has 4 saturated carbocycles. The van der Waals surface area contributed by atoms with Crippen LogP contribution in [0.5, 0.6) is 0 Å². The Labute approximate surface area is 393 Å². The van der Waals surface area contributed by atoms with Crippen LogP contribution in [0.2, 0.25) is 0 Å². The molecule has 0 spiro atoms. The molecule has 25 atom stereocenters. The summed E-state index contributed by atoms with van der Waals surface area (Å²) in [6, 6.07) is 0. The van der Waals surface area contributed by atoms with E-state index in [1.165, 1.54) is 116 Å². The van der Waals surface area contributed by atoms with E-state index in [9.17, 15) is 0 Å². The Hall–Kier alpha value is 0. The molecular formula is C62H118. The van der Waals surface area contributed by atoms with Crippen LogP contribution in [0, 0.1) is 148 Å². The minimum absolute atomic E-state index is 0.817. The van der Waals surface area contributed by atoms with Crippen molar-refractivity contribution in [3.63, 3.8) is 0 Å². The first-order chi connectivity index (χ1) is 29.4. The van der Waals surface area contributed by atoms with E-state index in [4.69, 9.17) is 0 Å². The van der Waals surface area contributed by atoms with Gasteiger partial charge < -0.3 is 0 Å². The molecule has 4 rings (SSSR count). The molecule has 0 bridgehead atoms. The molecule has 4 aliphatic rings. The van der Waals surface area contributed by atoms with Gasteiger partial charge in [-0.3, -0.25) is 0 Å². The lowest BCUT2D eigenvalue weighted by Gasteiger charge is -2.52. The molecule has 62 heavy (non-hydrogen) atoms. The van der Waals surface area contributed by atoms with Crippen molar-refractivity contribution in [2.45, 2.75) is 247 Å². The Morgan fingerprint density at radius 2 is 0.742 bits per heavy atom. The first-order valence-electron chi connectivity index (χ1n) is 29.4. The molecule has 4 aliphatic carbocycles. The topological polar surface area (TPSA) is 0 Å². The van der Waals surface area contributed by atoms with Gasteiger partial charge in [0.2, 0.25) is 0 Å². The van der Waals surface area contributed by atoms with Crippen molar-refractivity contribution in [2.75, 3.05) is 0 Å². The molecule has 16 unspecified atom stereocenters. The minimum atomic E-state index is 0.817. The van der Waals surface area contributed by atoms with Crippen molar-refractivity contribution >= 4 is 0 Å². The van der Waals surface area contributed by atoms with Gasteiger partial charge in [-0.2, -0.15) is 0 Å². The molecule has 0 heterocycles. The lowest BCUT2D eigenvalue weighted by molar-refractivity contribution is -0.0316. The van der Waals surface area contributed by atoms with Gasteiger partial charge in [-0.15, -0.1) is 0 Å². The van der Waals surface area contributed by atoms with Gasteiger partial charge in [-0.05, 0) is 206 Å². The Kier molecular flexibility index (Phi) is 22.4. The summed E-state index contributed by atoms with van der Waals surface area (Å²) in [6.45, 7) is 49.7. The summed E-state index contributed by atoms with van der Waals surface area (Å²) < 4.78 is 0. The lowest BCUT2D eigenvalue weighted by atomic mass is 9.53. The summed E-state index contributed by atoms with van der Waals surface area (Å²) >= 11 is 0. The van der Waals surface area contributed by atoms with Gasteiger partial charge in [0.1, 0.15) is 0 Å². The third-order valence-corrected chi connectivity index (χ3v) is 23.7. The predicted molar refractivity (Wildman–Crippen MR) is 278 cm³/mol. The van der Waals surface area contributed by atoms with E-state index >= 15 is 0 Å². The molecule has 366 valence electrons. The molecule has 0 aromatic rings. The van der Waals surface area contributed by atoms with Crippen LogP contribution in [0.15, 0.2) is 0 Å². The summed E-state index contributed by atoms with van der Waals surface area (Å²) in [5.74, 6) is 22.5. The molecule has 0 amide bonds. The van der Waals surface area contributed by atoms with Crippen LogP contribution in [-0.4, -0.2) is 0 Å². The van der Waals surface area contributed by atoms with Crippen molar-refractivity contribution < 1.29 is 0 Å². The third kappa shape index (κ3) is 12.7. The largest absolute Gasteiger partial charge is 0.0654 e. The van der Waals surface area contributed by atoms with Crippen LogP contribution in [-0.2, 0) is 0 Å². The van der Waals surface area contributed by atoms with E-state index < -0.39 is 0 Å². The third-order valence-electron chi connectivity index (χ3n) is 23.7. The summed E-state index contributed by atoms with van der Waals surface area (Å²) in [5.41, 5.74) is 0. The van der Waals surface area contributed by atoms with Gasteiger partial charge >= 0.3 is 0 Å². The smallest absolute Gasteiger partial charge is 0.0355 e. The molecule has 0 heteroatoms. The lowest BCUT2D eigenvalue weighted by Crippen LogP contribution is -2.45. The first-order valence-corrected chi connectivity index (χ1v) is 29.4. The van der Waals surface area contributed by atoms with Crippen LogP contribution < -0.4 is 0 Å². The Morgan fingerprint density at radius 3 is 1.21 bits per heavy atom. The molecule has 0 aliphatic heterocycles. The number of rotatable bonds is 22. The average Bonchev–Trinajstić information content (AvgIpc) is 3.26. The maximum atomic E-state index is 2.74. The van der Waals surface area contributed by atoms with Crippen LogP contribution >= 0.6 is 0 Å². The van der Waals surface area contributed by atoms with E-state index in [0.29, 0.717) is 0 Å². The highest BCUT2D eigenvalue weighted by molar-refractivity contribution is 4.97. The maximum absolute atomic E-state index is 2.74. The Bertz CT molecular complexity index is 1210. The van der Waals surface area contributed by atoms with Crippen molar-refractivity contribution in [3.05, 3.63) is 0 Å². The van der Waals surface area contributed by atoms with E-state index in [0.717, 1.165) is 148 Å². The summed E-state index contributed by atoms with van der Waals surface area (Å²) in [4.78, 5) is 0. The van der Waals surface area contributed by atoms with E-state index in [-0.39, 0.29) is 0 Å². The van der Waals surface area contributed by atoms with Crippen molar-refractivity contribution in [2.24, 2.45) is 148 Å². The fourth-order valence-corrected chi connectivity index (χ4v) is 17.6. The highest BCUT2D eigenvalue weighted by Crippen LogP contribution is 2.56. The van der Waals surface area contributed by atoms with E-state index in [2.05, 4.69) is 132 Å². The van der Waals surface area contributed by atoms with Gasteiger partial charge in [-0.1, -0.05) is 189 Å². The molecule has 0 N–H and O–H groups in total. The normalized spacial score (nSPS) is 44.4. The quantitative estimate of drug-likeness (QED) is 0.102. The second-order valence-corrected chi connectivity index (χ2v) is 25.9. The van der Waals surface area contributed by atoms with Crippen molar-refractivity contribution in [1.29, 1.82) is 0 Å². The zero-order valence-corrected chi connectivity index (χ0v) is 46.2. The highest BCUT2D eigenvalue weighted by atomic mass is 14.5. The molecule has 0 aromatic heterocycles. The van der Waals surface area contributed by atoms with Crippen LogP contribution in [0.1, 0.15) is 247 Å². The van der Waals surface area contributed by atoms with Gasteiger partial charge in [0.25, 0.3) is 0 Å². The SMILES string of the molecule is CCCC(CC)CC1C[C@H](CC)C(CC2C[C@H](CC)C(CC3C[C@H](CC)C(CC(C)C(C)[C@@H](C)C(CCC)CC4C[C@H](CC)C(C)[C@H](C)C4C)[C@H](C)C3C)[C@H](C)C2C)[C@H](C)C1C. The fourth-order valence-electron chi connectivity index (χ4n) is 17.6. The monoisotopic (exact) mass is 863 g/mol. The zero-order valence-electron chi connectivity index (χ0n) is 46.2. The van der Waals surface area contributed by atoms with Gasteiger partial charge in [-0.25, -0.2) is 0 Å². The maximum Gasteiger partial charge on any atom is -0.0355 e. The highest BCUT2D eigenvalue weighted by Gasteiger charge is 2.48. The van der Waals surface area contributed by atoms with Crippen molar-refractivity contribution in [3.8, 4) is 0 Å². The first kappa shape index (κ1) is 54.6. The molecule has 4 fully saturated rings. The van der Waals surface area contributed by atoms with Gasteiger partial charge in [0, 0.05) is 0 Å². The molecule has 0 nitrogen and oxygen atoms in total.